The molecular weight excluding hydrogens is 242 g/mol. The summed E-state index contributed by atoms with van der Waals surface area (Å²) < 4.78 is 0. The Bertz CT molecular complexity index is 586. The monoisotopic (exact) mass is 265 g/mol. The number of unbranched alkanes of at least 4 members (excludes halogenated alkanes) is 2. The average molecular weight is 265 g/mol. The van der Waals surface area contributed by atoms with Gasteiger partial charge in [0.1, 0.15) is 0 Å². The first kappa shape index (κ1) is 13.2. The summed E-state index contributed by atoms with van der Waals surface area (Å²) in [4.78, 5) is 0. The van der Waals surface area contributed by atoms with Gasteiger partial charge in [0, 0.05) is 18.7 Å². The van der Waals surface area contributed by atoms with Crippen LogP contribution in [-0.2, 0) is 19.4 Å². The van der Waals surface area contributed by atoms with Gasteiger partial charge in [-0.25, -0.2) is 0 Å². The van der Waals surface area contributed by atoms with Crippen molar-refractivity contribution in [1.82, 2.24) is 0 Å². The Balaban J connectivity index is 1.91. The summed E-state index contributed by atoms with van der Waals surface area (Å²) in [6.07, 6.45) is 6.19. The summed E-state index contributed by atoms with van der Waals surface area (Å²) in [6.45, 7) is 3.21. The molecule has 1 heterocycles. The molecule has 0 bridgehead atoms. The maximum Gasteiger partial charge on any atom is 0.0403 e. The third-order valence-corrected chi connectivity index (χ3v) is 4.28. The smallest absolute Gasteiger partial charge is 0.0403 e. The summed E-state index contributed by atoms with van der Waals surface area (Å²) in [6, 6.07) is 15.5. The number of aryl methyl sites for hydroxylation is 1. The number of anilines is 1. The van der Waals surface area contributed by atoms with Crippen molar-refractivity contribution in [3.05, 3.63) is 64.7 Å². The molecule has 0 atom stereocenters. The van der Waals surface area contributed by atoms with E-state index in [2.05, 4.69) is 54.7 Å². The van der Waals surface area contributed by atoms with Crippen LogP contribution in [0, 0.1) is 0 Å². The molecule has 1 N–H and O–H groups in total. The molecule has 0 unspecified atom stereocenters. The molecule has 0 amide bonds. The van der Waals surface area contributed by atoms with E-state index >= 15 is 0 Å². The molecule has 0 saturated heterocycles. The van der Waals surface area contributed by atoms with Gasteiger partial charge in [-0.15, -0.1) is 0 Å². The lowest BCUT2D eigenvalue weighted by Gasteiger charge is -2.13. The van der Waals surface area contributed by atoms with E-state index in [0.717, 1.165) is 13.0 Å². The van der Waals surface area contributed by atoms with Gasteiger partial charge < -0.3 is 5.32 Å². The largest absolute Gasteiger partial charge is 0.381 e. The molecule has 0 fully saturated rings. The van der Waals surface area contributed by atoms with Crippen molar-refractivity contribution < 1.29 is 0 Å². The molecule has 104 valence electrons. The van der Waals surface area contributed by atoms with Gasteiger partial charge in [-0.1, -0.05) is 56.2 Å². The van der Waals surface area contributed by atoms with E-state index in [0.29, 0.717) is 0 Å². The molecule has 2 aromatic rings. The molecule has 1 aliphatic rings. The van der Waals surface area contributed by atoms with Crippen LogP contribution in [0.1, 0.15) is 48.4 Å². The SMILES string of the molecule is CCCCCc1cccc2c1Cc1ccccc1CN2. The van der Waals surface area contributed by atoms with E-state index in [9.17, 15) is 0 Å². The number of fused-ring (bicyclic) bond motifs is 2. The lowest BCUT2D eigenvalue weighted by molar-refractivity contribution is 0.714. The van der Waals surface area contributed by atoms with Gasteiger partial charge in [-0.3, -0.25) is 0 Å². The van der Waals surface area contributed by atoms with Crippen molar-refractivity contribution >= 4 is 5.69 Å². The topological polar surface area (TPSA) is 12.0 Å². The van der Waals surface area contributed by atoms with Crippen LogP contribution in [0.4, 0.5) is 5.69 Å². The van der Waals surface area contributed by atoms with Crippen LogP contribution >= 0.6 is 0 Å². The molecule has 0 saturated carbocycles. The van der Waals surface area contributed by atoms with Gasteiger partial charge in [0.15, 0.2) is 0 Å². The van der Waals surface area contributed by atoms with Crippen LogP contribution in [0.15, 0.2) is 42.5 Å². The second-order valence-corrected chi connectivity index (χ2v) is 5.70. The molecule has 3 rings (SSSR count). The van der Waals surface area contributed by atoms with E-state index < -0.39 is 0 Å². The molecule has 1 nitrogen and oxygen atoms in total. The summed E-state index contributed by atoms with van der Waals surface area (Å²) in [5.74, 6) is 0. The summed E-state index contributed by atoms with van der Waals surface area (Å²) in [5, 5.41) is 3.61. The molecular formula is C19H23N. The fourth-order valence-corrected chi connectivity index (χ4v) is 3.09. The Morgan fingerprint density at radius 3 is 2.65 bits per heavy atom. The number of hydrogen-bond acceptors (Lipinski definition) is 1. The summed E-state index contributed by atoms with van der Waals surface area (Å²) >= 11 is 0. The Kier molecular flexibility index (Phi) is 4.05. The molecule has 0 spiro atoms. The standard InChI is InChI=1S/C19H23N/c1-2-3-4-8-15-11-7-12-19-18(15)13-16-9-5-6-10-17(16)14-20-19/h5-7,9-12,20H,2-4,8,13-14H2,1H3. The zero-order chi connectivity index (χ0) is 13.8. The van der Waals surface area contributed by atoms with Crippen molar-refractivity contribution in [2.45, 2.75) is 45.6 Å². The Morgan fingerprint density at radius 1 is 0.950 bits per heavy atom. The van der Waals surface area contributed by atoms with Crippen LogP contribution in [-0.4, -0.2) is 0 Å². The molecule has 20 heavy (non-hydrogen) atoms. The Labute approximate surface area is 122 Å². The third-order valence-electron chi connectivity index (χ3n) is 4.28. The van der Waals surface area contributed by atoms with Crippen molar-refractivity contribution in [3.8, 4) is 0 Å². The first-order valence-corrected chi connectivity index (χ1v) is 7.80. The molecule has 1 heteroatoms. The Morgan fingerprint density at radius 2 is 1.80 bits per heavy atom. The van der Waals surface area contributed by atoms with Gasteiger partial charge in [0.05, 0.1) is 0 Å². The van der Waals surface area contributed by atoms with E-state index in [1.165, 1.54) is 53.6 Å². The normalized spacial score (nSPS) is 13.1. The predicted molar refractivity (Wildman–Crippen MR) is 86.2 cm³/mol. The number of rotatable bonds is 4. The third kappa shape index (κ3) is 2.72. The van der Waals surface area contributed by atoms with Crippen molar-refractivity contribution in [2.75, 3.05) is 5.32 Å². The van der Waals surface area contributed by atoms with Crippen LogP contribution < -0.4 is 5.32 Å². The first-order chi connectivity index (χ1) is 9.88. The maximum atomic E-state index is 3.61. The van der Waals surface area contributed by atoms with Crippen molar-refractivity contribution in [2.24, 2.45) is 0 Å². The number of nitrogens with one attached hydrogen (secondary N) is 1. The molecule has 2 aromatic carbocycles. The zero-order valence-electron chi connectivity index (χ0n) is 12.3. The first-order valence-electron chi connectivity index (χ1n) is 7.80. The Hall–Kier alpha value is -1.76. The average Bonchev–Trinajstić information content (AvgIpc) is 2.67. The predicted octanol–water partition coefficient (Wildman–Crippen LogP) is 4.94. The highest BCUT2D eigenvalue weighted by Gasteiger charge is 2.14. The van der Waals surface area contributed by atoms with Gasteiger partial charge in [0.2, 0.25) is 0 Å². The van der Waals surface area contributed by atoms with E-state index in [1.807, 2.05) is 0 Å². The number of hydrogen-bond donors (Lipinski definition) is 1. The molecule has 1 aliphatic heterocycles. The van der Waals surface area contributed by atoms with E-state index in [4.69, 9.17) is 0 Å². The summed E-state index contributed by atoms with van der Waals surface area (Å²) in [7, 11) is 0. The second kappa shape index (κ2) is 6.13. The zero-order valence-corrected chi connectivity index (χ0v) is 12.3. The number of benzene rings is 2. The molecule has 0 radical (unpaired) electrons. The highest BCUT2D eigenvalue weighted by atomic mass is 14.9. The van der Waals surface area contributed by atoms with Gasteiger partial charge in [0.25, 0.3) is 0 Å². The van der Waals surface area contributed by atoms with Crippen molar-refractivity contribution in [3.63, 3.8) is 0 Å². The lowest BCUT2D eigenvalue weighted by Crippen LogP contribution is -2.00. The minimum absolute atomic E-state index is 0.946. The van der Waals surface area contributed by atoms with Gasteiger partial charge in [-0.05, 0) is 41.2 Å². The van der Waals surface area contributed by atoms with Crippen LogP contribution in [0.25, 0.3) is 0 Å². The van der Waals surface area contributed by atoms with Gasteiger partial charge >= 0.3 is 0 Å². The van der Waals surface area contributed by atoms with Gasteiger partial charge in [-0.2, -0.15) is 0 Å². The highest BCUT2D eigenvalue weighted by Crippen LogP contribution is 2.29. The lowest BCUT2D eigenvalue weighted by atomic mass is 9.94. The van der Waals surface area contributed by atoms with E-state index in [1.54, 1.807) is 0 Å². The highest BCUT2D eigenvalue weighted by molar-refractivity contribution is 5.59. The minimum Gasteiger partial charge on any atom is -0.381 e. The molecule has 0 aromatic heterocycles. The summed E-state index contributed by atoms with van der Waals surface area (Å²) in [5.41, 5.74) is 7.27. The quantitative estimate of drug-likeness (QED) is 0.772. The van der Waals surface area contributed by atoms with E-state index in [-0.39, 0.29) is 0 Å². The van der Waals surface area contributed by atoms with Crippen LogP contribution in [0.3, 0.4) is 0 Å². The fraction of sp³-hybridized carbons (Fsp3) is 0.368. The fourth-order valence-electron chi connectivity index (χ4n) is 3.09. The minimum atomic E-state index is 0.946. The van der Waals surface area contributed by atoms with Crippen LogP contribution in [0.5, 0.6) is 0 Å². The maximum absolute atomic E-state index is 3.61. The van der Waals surface area contributed by atoms with Crippen LogP contribution in [0.2, 0.25) is 0 Å². The second-order valence-electron chi connectivity index (χ2n) is 5.70. The van der Waals surface area contributed by atoms with Crippen molar-refractivity contribution in [1.29, 1.82) is 0 Å². The molecule has 0 aliphatic carbocycles.